The maximum atomic E-state index is 11.3. The summed E-state index contributed by atoms with van der Waals surface area (Å²) < 4.78 is 0. The average molecular weight is 265 g/mol. The number of aryl methyl sites for hydroxylation is 1. The molecule has 0 aliphatic rings. The van der Waals surface area contributed by atoms with Crippen LogP contribution in [0.1, 0.15) is 32.5 Å². The third kappa shape index (κ3) is 6.03. The van der Waals surface area contributed by atoms with Gasteiger partial charge in [0, 0.05) is 32.1 Å². The van der Waals surface area contributed by atoms with E-state index in [1.54, 1.807) is 0 Å². The summed E-state index contributed by atoms with van der Waals surface area (Å²) in [6.07, 6.45) is 1.48. The third-order valence-corrected chi connectivity index (χ3v) is 2.43. The highest BCUT2D eigenvalue weighted by atomic mass is 16.1. The number of hydrogen-bond donors (Lipinski definition) is 3. The summed E-state index contributed by atoms with van der Waals surface area (Å²) >= 11 is 0. The van der Waals surface area contributed by atoms with Gasteiger partial charge in [-0.3, -0.25) is 4.79 Å². The lowest BCUT2D eigenvalue weighted by atomic mass is 10.4. The van der Waals surface area contributed by atoms with Crippen LogP contribution in [0.3, 0.4) is 0 Å². The Morgan fingerprint density at radius 1 is 1.16 bits per heavy atom. The van der Waals surface area contributed by atoms with Crippen LogP contribution in [-0.4, -0.2) is 35.5 Å². The van der Waals surface area contributed by atoms with Crippen LogP contribution in [0, 0.1) is 6.92 Å². The number of carbonyl (C=O) groups excluding carboxylic acids is 1. The highest BCUT2D eigenvalue weighted by Gasteiger charge is 2.03. The highest BCUT2D eigenvalue weighted by molar-refractivity contribution is 5.76. The Morgan fingerprint density at radius 3 is 2.37 bits per heavy atom. The zero-order valence-corrected chi connectivity index (χ0v) is 11.9. The topological polar surface area (TPSA) is 78.9 Å². The smallest absolute Gasteiger partial charge is 0.221 e. The van der Waals surface area contributed by atoms with Gasteiger partial charge in [-0.05, 0) is 20.3 Å². The second kappa shape index (κ2) is 8.29. The Bertz CT molecular complexity index is 408. The van der Waals surface area contributed by atoms with Crippen molar-refractivity contribution in [2.75, 3.05) is 30.3 Å². The number of nitrogens with zero attached hydrogens (tertiary/aromatic N) is 2. The van der Waals surface area contributed by atoms with Crippen molar-refractivity contribution in [1.29, 1.82) is 0 Å². The first-order valence-electron chi connectivity index (χ1n) is 6.75. The maximum Gasteiger partial charge on any atom is 0.221 e. The molecule has 0 fully saturated rings. The summed E-state index contributed by atoms with van der Waals surface area (Å²) in [4.78, 5) is 19.9. The van der Waals surface area contributed by atoms with Gasteiger partial charge in [0.2, 0.25) is 5.91 Å². The Kier molecular flexibility index (Phi) is 6.63. The standard InChI is InChI=1S/C13H23N5O/c1-4-7-15-11-9-12(18-10(3)17-11)16-8-6-13(19)14-5-2/h9H,4-8H2,1-3H3,(H,14,19)(H2,15,16,17,18). The lowest BCUT2D eigenvalue weighted by molar-refractivity contribution is -0.120. The van der Waals surface area contributed by atoms with E-state index in [0.717, 1.165) is 24.6 Å². The molecule has 3 N–H and O–H groups in total. The number of amides is 1. The molecular formula is C13H23N5O. The summed E-state index contributed by atoms with van der Waals surface area (Å²) in [5.74, 6) is 2.32. The summed E-state index contributed by atoms with van der Waals surface area (Å²) in [6.45, 7) is 7.98. The molecule has 1 rings (SSSR count). The minimum absolute atomic E-state index is 0.0464. The van der Waals surface area contributed by atoms with E-state index >= 15 is 0 Å². The molecule has 0 saturated carbocycles. The number of hydrogen-bond acceptors (Lipinski definition) is 5. The zero-order chi connectivity index (χ0) is 14.1. The Labute approximate surface area is 114 Å². The summed E-state index contributed by atoms with van der Waals surface area (Å²) in [5.41, 5.74) is 0. The monoisotopic (exact) mass is 265 g/mol. The molecular weight excluding hydrogens is 242 g/mol. The van der Waals surface area contributed by atoms with E-state index in [2.05, 4.69) is 32.8 Å². The lowest BCUT2D eigenvalue weighted by Gasteiger charge is -2.09. The minimum atomic E-state index is 0.0464. The number of nitrogens with one attached hydrogen (secondary N) is 3. The maximum absolute atomic E-state index is 11.3. The molecule has 1 heterocycles. The van der Waals surface area contributed by atoms with E-state index in [1.165, 1.54) is 0 Å². The molecule has 1 amide bonds. The molecule has 6 nitrogen and oxygen atoms in total. The van der Waals surface area contributed by atoms with Gasteiger partial charge in [-0.15, -0.1) is 0 Å². The molecule has 106 valence electrons. The molecule has 0 atom stereocenters. The van der Waals surface area contributed by atoms with Gasteiger partial charge in [0.1, 0.15) is 17.5 Å². The van der Waals surface area contributed by atoms with Gasteiger partial charge < -0.3 is 16.0 Å². The van der Waals surface area contributed by atoms with Crippen LogP contribution in [-0.2, 0) is 4.79 Å². The number of rotatable bonds is 8. The van der Waals surface area contributed by atoms with Crippen molar-refractivity contribution in [1.82, 2.24) is 15.3 Å². The molecule has 19 heavy (non-hydrogen) atoms. The Hall–Kier alpha value is -1.85. The molecule has 0 bridgehead atoms. The van der Waals surface area contributed by atoms with Gasteiger partial charge in [-0.25, -0.2) is 9.97 Å². The van der Waals surface area contributed by atoms with Gasteiger partial charge in [-0.1, -0.05) is 6.92 Å². The van der Waals surface area contributed by atoms with Gasteiger partial charge in [-0.2, -0.15) is 0 Å². The SMILES string of the molecule is CCCNc1cc(NCCC(=O)NCC)nc(C)n1. The molecule has 0 aromatic carbocycles. The molecule has 0 saturated heterocycles. The molecule has 0 spiro atoms. The van der Waals surface area contributed by atoms with E-state index in [-0.39, 0.29) is 5.91 Å². The van der Waals surface area contributed by atoms with Gasteiger partial charge in [0.15, 0.2) is 0 Å². The van der Waals surface area contributed by atoms with Crippen molar-refractivity contribution >= 4 is 17.5 Å². The molecule has 1 aromatic heterocycles. The van der Waals surface area contributed by atoms with Crippen LogP contribution in [0.4, 0.5) is 11.6 Å². The minimum Gasteiger partial charge on any atom is -0.370 e. The fourth-order valence-electron chi connectivity index (χ4n) is 1.59. The van der Waals surface area contributed by atoms with Crippen LogP contribution >= 0.6 is 0 Å². The highest BCUT2D eigenvalue weighted by Crippen LogP contribution is 2.10. The Morgan fingerprint density at radius 2 is 1.79 bits per heavy atom. The quantitative estimate of drug-likeness (QED) is 0.664. The summed E-state index contributed by atoms with van der Waals surface area (Å²) in [5, 5.41) is 9.12. The van der Waals surface area contributed by atoms with Crippen molar-refractivity contribution in [3.63, 3.8) is 0 Å². The van der Waals surface area contributed by atoms with Crippen LogP contribution < -0.4 is 16.0 Å². The molecule has 0 radical (unpaired) electrons. The van der Waals surface area contributed by atoms with Gasteiger partial charge in [0.25, 0.3) is 0 Å². The first-order chi connectivity index (χ1) is 9.15. The summed E-state index contributed by atoms with van der Waals surface area (Å²) in [7, 11) is 0. The number of carbonyl (C=O) groups is 1. The fraction of sp³-hybridized carbons (Fsp3) is 0.615. The van der Waals surface area contributed by atoms with E-state index in [9.17, 15) is 4.79 Å². The normalized spacial score (nSPS) is 10.1. The largest absolute Gasteiger partial charge is 0.370 e. The van der Waals surface area contributed by atoms with Crippen molar-refractivity contribution < 1.29 is 4.79 Å². The van der Waals surface area contributed by atoms with E-state index in [1.807, 2.05) is 19.9 Å². The molecule has 1 aromatic rings. The van der Waals surface area contributed by atoms with Crippen molar-refractivity contribution in [2.45, 2.75) is 33.6 Å². The van der Waals surface area contributed by atoms with E-state index in [4.69, 9.17) is 0 Å². The van der Waals surface area contributed by atoms with Gasteiger partial charge >= 0.3 is 0 Å². The van der Waals surface area contributed by atoms with Gasteiger partial charge in [0.05, 0.1) is 0 Å². The Balaban J connectivity index is 2.48. The molecule has 0 unspecified atom stereocenters. The number of anilines is 2. The number of aromatic nitrogens is 2. The molecule has 0 aliphatic heterocycles. The lowest BCUT2D eigenvalue weighted by Crippen LogP contribution is -2.24. The second-order valence-electron chi connectivity index (χ2n) is 4.24. The van der Waals surface area contributed by atoms with Crippen molar-refractivity contribution in [3.8, 4) is 0 Å². The van der Waals surface area contributed by atoms with Crippen LogP contribution in [0.2, 0.25) is 0 Å². The van der Waals surface area contributed by atoms with Crippen LogP contribution in [0.15, 0.2) is 6.07 Å². The van der Waals surface area contributed by atoms with E-state index < -0.39 is 0 Å². The predicted molar refractivity (Wildman–Crippen MR) is 77.3 cm³/mol. The summed E-state index contributed by atoms with van der Waals surface area (Å²) in [6, 6.07) is 1.86. The first-order valence-corrected chi connectivity index (χ1v) is 6.75. The fourth-order valence-corrected chi connectivity index (χ4v) is 1.59. The molecule has 6 heteroatoms. The van der Waals surface area contributed by atoms with Crippen molar-refractivity contribution in [3.05, 3.63) is 11.9 Å². The predicted octanol–water partition coefficient (Wildman–Crippen LogP) is 1.55. The average Bonchev–Trinajstić information content (AvgIpc) is 2.36. The van der Waals surface area contributed by atoms with E-state index in [0.29, 0.717) is 25.3 Å². The van der Waals surface area contributed by atoms with Crippen LogP contribution in [0.5, 0.6) is 0 Å². The molecule has 0 aliphatic carbocycles. The first kappa shape index (κ1) is 15.2. The van der Waals surface area contributed by atoms with Crippen LogP contribution in [0.25, 0.3) is 0 Å². The third-order valence-electron chi connectivity index (χ3n) is 2.43. The zero-order valence-electron chi connectivity index (χ0n) is 11.9. The van der Waals surface area contributed by atoms with Crippen molar-refractivity contribution in [2.24, 2.45) is 0 Å². The second-order valence-corrected chi connectivity index (χ2v) is 4.24.